The van der Waals surface area contributed by atoms with Crippen LogP contribution in [0.2, 0.25) is 0 Å². The Morgan fingerprint density at radius 2 is 1.70 bits per heavy atom. The SMILES string of the molecule is BrC(CCC1CCCCC1)c1cccc2ccccc12. The van der Waals surface area contributed by atoms with Crippen LogP contribution in [0, 0.1) is 5.92 Å². The van der Waals surface area contributed by atoms with Gasteiger partial charge in [0.05, 0.1) is 0 Å². The summed E-state index contributed by atoms with van der Waals surface area (Å²) in [5, 5.41) is 2.76. The molecule has 0 radical (unpaired) electrons. The fourth-order valence-corrected chi connectivity index (χ4v) is 4.20. The molecule has 0 spiro atoms. The third-order valence-corrected chi connectivity index (χ3v) is 5.67. The predicted octanol–water partition coefficient (Wildman–Crippen LogP) is 6.64. The van der Waals surface area contributed by atoms with Gasteiger partial charge in [0.15, 0.2) is 0 Å². The van der Waals surface area contributed by atoms with E-state index in [1.165, 1.54) is 61.3 Å². The third-order valence-electron chi connectivity index (χ3n) is 4.71. The van der Waals surface area contributed by atoms with Crippen LogP contribution in [-0.4, -0.2) is 0 Å². The molecule has 0 saturated heterocycles. The molecule has 106 valence electrons. The Morgan fingerprint density at radius 1 is 0.950 bits per heavy atom. The average Bonchev–Trinajstić information content (AvgIpc) is 2.53. The summed E-state index contributed by atoms with van der Waals surface area (Å²) in [4.78, 5) is 0.496. The van der Waals surface area contributed by atoms with Crippen molar-refractivity contribution in [1.29, 1.82) is 0 Å². The maximum Gasteiger partial charge on any atom is 0.0401 e. The summed E-state index contributed by atoms with van der Waals surface area (Å²) in [6.45, 7) is 0. The van der Waals surface area contributed by atoms with Crippen molar-refractivity contribution in [3.05, 3.63) is 48.0 Å². The number of hydrogen-bond donors (Lipinski definition) is 0. The molecule has 1 heteroatoms. The molecule has 2 aromatic carbocycles. The van der Waals surface area contributed by atoms with Crippen molar-refractivity contribution in [2.24, 2.45) is 5.92 Å². The van der Waals surface area contributed by atoms with Crippen LogP contribution in [0.15, 0.2) is 42.5 Å². The Kier molecular flexibility index (Phi) is 4.77. The summed E-state index contributed by atoms with van der Waals surface area (Å²) in [7, 11) is 0. The van der Waals surface area contributed by atoms with Crippen LogP contribution in [0.5, 0.6) is 0 Å². The third kappa shape index (κ3) is 3.25. The normalized spacial score (nSPS) is 18.2. The molecule has 0 heterocycles. The molecule has 0 amide bonds. The van der Waals surface area contributed by atoms with Gasteiger partial charge in [-0.25, -0.2) is 0 Å². The molecule has 1 fully saturated rings. The minimum atomic E-state index is 0.496. The van der Waals surface area contributed by atoms with Crippen molar-refractivity contribution >= 4 is 26.7 Å². The first-order valence-corrected chi connectivity index (χ1v) is 8.88. The summed E-state index contributed by atoms with van der Waals surface area (Å²) in [6, 6.07) is 15.4. The largest absolute Gasteiger partial charge is 0.0839 e. The van der Waals surface area contributed by atoms with Gasteiger partial charge < -0.3 is 0 Å². The van der Waals surface area contributed by atoms with Gasteiger partial charge in [-0.1, -0.05) is 90.5 Å². The molecular formula is C19H23Br. The lowest BCUT2D eigenvalue weighted by atomic mass is 9.85. The average molecular weight is 331 g/mol. The molecule has 2 aromatic rings. The van der Waals surface area contributed by atoms with Crippen LogP contribution in [0.25, 0.3) is 10.8 Å². The summed E-state index contributed by atoms with van der Waals surface area (Å²) >= 11 is 3.93. The van der Waals surface area contributed by atoms with Crippen molar-refractivity contribution in [2.45, 2.75) is 49.8 Å². The fraction of sp³-hybridized carbons (Fsp3) is 0.474. The van der Waals surface area contributed by atoms with Gasteiger partial charge in [0.2, 0.25) is 0 Å². The lowest BCUT2D eigenvalue weighted by Gasteiger charge is -2.23. The summed E-state index contributed by atoms with van der Waals surface area (Å²) < 4.78 is 0. The first kappa shape index (κ1) is 14.1. The fourth-order valence-electron chi connectivity index (χ4n) is 3.54. The first-order chi connectivity index (χ1) is 9.84. The van der Waals surface area contributed by atoms with Crippen LogP contribution >= 0.6 is 15.9 Å². The second kappa shape index (κ2) is 6.76. The monoisotopic (exact) mass is 330 g/mol. The van der Waals surface area contributed by atoms with Gasteiger partial charge in [0.25, 0.3) is 0 Å². The molecule has 0 N–H and O–H groups in total. The van der Waals surface area contributed by atoms with E-state index in [0.717, 1.165) is 5.92 Å². The van der Waals surface area contributed by atoms with Crippen molar-refractivity contribution in [3.63, 3.8) is 0 Å². The van der Waals surface area contributed by atoms with E-state index in [1.54, 1.807) is 0 Å². The number of rotatable bonds is 4. The maximum atomic E-state index is 3.93. The summed E-state index contributed by atoms with van der Waals surface area (Å²) in [5.41, 5.74) is 1.46. The molecule has 0 aromatic heterocycles. The number of alkyl halides is 1. The molecule has 1 aliphatic rings. The van der Waals surface area contributed by atoms with Gasteiger partial charge >= 0.3 is 0 Å². The van der Waals surface area contributed by atoms with E-state index in [0.29, 0.717) is 4.83 Å². The van der Waals surface area contributed by atoms with E-state index in [1.807, 2.05) is 0 Å². The zero-order valence-electron chi connectivity index (χ0n) is 12.0. The Labute approximate surface area is 130 Å². The molecule has 1 aliphatic carbocycles. The standard InChI is InChI=1S/C19H23Br/c20-19(14-13-15-7-2-1-3-8-15)18-12-6-10-16-9-4-5-11-17(16)18/h4-6,9-12,15,19H,1-3,7-8,13-14H2. The van der Waals surface area contributed by atoms with Gasteiger partial charge in [0.1, 0.15) is 0 Å². The quantitative estimate of drug-likeness (QED) is 0.551. The molecule has 1 saturated carbocycles. The van der Waals surface area contributed by atoms with Crippen molar-refractivity contribution < 1.29 is 0 Å². The summed E-state index contributed by atoms with van der Waals surface area (Å²) in [6.07, 6.45) is 9.90. The highest BCUT2D eigenvalue weighted by atomic mass is 79.9. The van der Waals surface area contributed by atoms with Gasteiger partial charge in [-0.15, -0.1) is 0 Å². The van der Waals surface area contributed by atoms with Crippen LogP contribution in [0.4, 0.5) is 0 Å². The van der Waals surface area contributed by atoms with Gasteiger partial charge in [-0.3, -0.25) is 0 Å². The zero-order valence-corrected chi connectivity index (χ0v) is 13.6. The van der Waals surface area contributed by atoms with Crippen LogP contribution in [-0.2, 0) is 0 Å². The van der Waals surface area contributed by atoms with Crippen LogP contribution in [0.1, 0.15) is 55.3 Å². The topological polar surface area (TPSA) is 0 Å². The molecular weight excluding hydrogens is 308 g/mol. The van der Waals surface area contributed by atoms with Crippen LogP contribution in [0.3, 0.4) is 0 Å². The van der Waals surface area contributed by atoms with Crippen molar-refractivity contribution in [1.82, 2.24) is 0 Å². The Morgan fingerprint density at radius 3 is 2.55 bits per heavy atom. The van der Waals surface area contributed by atoms with Gasteiger partial charge in [0, 0.05) is 4.83 Å². The van der Waals surface area contributed by atoms with E-state index in [2.05, 4.69) is 58.4 Å². The minimum absolute atomic E-state index is 0.496. The second-order valence-electron chi connectivity index (χ2n) is 6.12. The number of hydrogen-bond acceptors (Lipinski definition) is 0. The minimum Gasteiger partial charge on any atom is -0.0839 e. The molecule has 1 unspecified atom stereocenters. The predicted molar refractivity (Wildman–Crippen MR) is 91.4 cm³/mol. The second-order valence-corrected chi connectivity index (χ2v) is 7.22. The van der Waals surface area contributed by atoms with E-state index in [4.69, 9.17) is 0 Å². The lowest BCUT2D eigenvalue weighted by Crippen LogP contribution is -2.07. The van der Waals surface area contributed by atoms with Crippen molar-refractivity contribution in [2.75, 3.05) is 0 Å². The van der Waals surface area contributed by atoms with E-state index < -0.39 is 0 Å². The highest BCUT2D eigenvalue weighted by molar-refractivity contribution is 9.09. The highest BCUT2D eigenvalue weighted by Gasteiger charge is 2.16. The molecule has 1 atom stereocenters. The smallest absolute Gasteiger partial charge is 0.0401 e. The molecule has 0 bridgehead atoms. The van der Waals surface area contributed by atoms with E-state index in [9.17, 15) is 0 Å². The number of halogens is 1. The van der Waals surface area contributed by atoms with Crippen LogP contribution < -0.4 is 0 Å². The lowest BCUT2D eigenvalue weighted by molar-refractivity contribution is 0.332. The zero-order chi connectivity index (χ0) is 13.8. The Balaban J connectivity index is 1.70. The molecule has 3 rings (SSSR count). The van der Waals surface area contributed by atoms with Gasteiger partial charge in [-0.05, 0) is 35.1 Å². The summed E-state index contributed by atoms with van der Waals surface area (Å²) in [5.74, 6) is 0.971. The maximum absolute atomic E-state index is 3.93. The van der Waals surface area contributed by atoms with Gasteiger partial charge in [-0.2, -0.15) is 0 Å². The van der Waals surface area contributed by atoms with E-state index in [-0.39, 0.29) is 0 Å². The first-order valence-electron chi connectivity index (χ1n) is 7.96. The number of fused-ring (bicyclic) bond motifs is 1. The molecule has 20 heavy (non-hydrogen) atoms. The van der Waals surface area contributed by atoms with E-state index >= 15 is 0 Å². The molecule has 0 nitrogen and oxygen atoms in total. The number of benzene rings is 2. The highest BCUT2D eigenvalue weighted by Crippen LogP contribution is 2.36. The Bertz CT molecular complexity index is 549. The van der Waals surface area contributed by atoms with Crippen molar-refractivity contribution in [3.8, 4) is 0 Å². The molecule has 0 aliphatic heterocycles. The Hall–Kier alpha value is -0.820.